The first kappa shape index (κ1) is 17.2. The van der Waals surface area contributed by atoms with Crippen LogP contribution >= 0.6 is 0 Å². The third-order valence-corrected chi connectivity index (χ3v) is 6.33. The average Bonchev–Trinajstić information content (AvgIpc) is 3.02. The van der Waals surface area contributed by atoms with Crippen LogP contribution in [0.3, 0.4) is 0 Å². The number of rotatable bonds is 4. The molecule has 0 radical (unpaired) electrons. The minimum atomic E-state index is -0.615. The van der Waals surface area contributed by atoms with Gasteiger partial charge < -0.3 is 14.7 Å². The van der Waals surface area contributed by atoms with Gasteiger partial charge in [0, 0.05) is 18.5 Å². The van der Waals surface area contributed by atoms with Crippen molar-refractivity contribution in [3.05, 3.63) is 0 Å². The van der Waals surface area contributed by atoms with Crippen LogP contribution in [-0.2, 0) is 9.53 Å². The maximum Gasteiger partial charge on any atom is 0.248 e. The van der Waals surface area contributed by atoms with E-state index in [1.807, 2.05) is 11.8 Å². The largest absolute Gasteiger partial charge is 0.390 e. The Kier molecular flexibility index (Phi) is 5.63. The van der Waals surface area contributed by atoms with E-state index in [-0.39, 0.29) is 30.6 Å². The predicted molar refractivity (Wildman–Crippen MR) is 90.1 cm³/mol. The number of aliphatic hydroxyl groups is 1. The van der Waals surface area contributed by atoms with Crippen LogP contribution < -0.4 is 0 Å². The molecule has 23 heavy (non-hydrogen) atoms. The summed E-state index contributed by atoms with van der Waals surface area (Å²) in [6.07, 6.45) is 12.6. The van der Waals surface area contributed by atoms with E-state index in [0.717, 1.165) is 51.5 Å². The molecule has 0 aromatic heterocycles. The molecular formula is C19H33NO3. The minimum absolute atomic E-state index is 0.138. The summed E-state index contributed by atoms with van der Waals surface area (Å²) >= 11 is 0. The Labute approximate surface area is 140 Å². The Morgan fingerprint density at radius 2 is 1.83 bits per heavy atom. The number of carbonyl (C=O) groups is 1. The summed E-state index contributed by atoms with van der Waals surface area (Å²) in [4.78, 5) is 14.7. The molecule has 3 rings (SSSR count). The highest BCUT2D eigenvalue weighted by atomic mass is 16.5. The van der Waals surface area contributed by atoms with E-state index < -0.39 is 5.60 Å². The first-order valence-electron chi connectivity index (χ1n) is 9.71. The third kappa shape index (κ3) is 4.08. The van der Waals surface area contributed by atoms with Crippen LogP contribution in [0.1, 0.15) is 77.6 Å². The summed E-state index contributed by atoms with van der Waals surface area (Å²) in [5.74, 6) is 0.372. The molecule has 3 fully saturated rings. The molecule has 132 valence electrons. The molecular weight excluding hydrogens is 290 g/mol. The number of amides is 1. The van der Waals surface area contributed by atoms with Crippen LogP contribution in [0.25, 0.3) is 0 Å². The molecule has 2 aliphatic carbocycles. The van der Waals surface area contributed by atoms with Gasteiger partial charge in [-0.05, 0) is 45.4 Å². The molecule has 2 saturated carbocycles. The molecule has 1 N–H and O–H groups in total. The summed E-state index contributed by atoms with van der Waals surface area (Å²) in [5, 5.41) is 10.8. The van der Waals surface area contributed by atoms with Crippen molar-refractivity contribution in [3.63, 3.8) is 0 Å². The summed E-state index contributed by atoms with van der Waals surface area (Å²) in [6.45, 7) is 3.04. The van der Waals surface area contributed by atoms with Crippen LogP contribution in [0.5, 0.6) is 0 Å². The lowest BCUT2D eigenvalue weighted by Crippen LogP contribution is -2.51. The summed E-state index contributed by atoms with van der Waals surface area (Å²) in [5.41, 5.74) is -0.615. The molecule has 4 heteroatoms. The molecule has 1 aliphatic heterocycles. The zero-order valence-electron chi connectivity index (χ0n) is 14.6. The number of carbonyl (C=O) groups excluding carboxylic acids is 1. The quantitative estimate of drug-likeness (QED) is 0.864. The van der Waals surface area contributed by atoms with Gasteiger partial charge in [0.1, 0.15) is 6.61 Å². The molecule has 0 aromatic carbocycles. The van der Waals surface area contributed by atoms with Crippen molar-refractivity contribution in [2.24, 2.45) is 5.92 Å². The maximum absolute atomic E-state index is 12.7. The summed E-state index contributed by atoms with van der Waals surface area (Å²) in [7, 11) is 0. The maximum atomic E-state index is 12.7. The van der Waals surface area contributed by atoms with E-state index in [4.69, 9.17) is 4.74 Å². The van der Waals surface area contributed by atoms with Crippen LogP contribution in [0, 0.1) is 5.92 Å². The molecule has 0 bridgehead atoms. The molecule has 0 aromatic rings. The number of ether oxygens (including phenoxy) is 1. The number of hydrogen-bond donors (Lipinski definition) is 1. The van der Waals surface area contributed by atoms with Gasteiger partial charge in [0.2, 0.25) is 5.91 Å². The van der Waals surface area contributed by atoms with Crippen LogP contribution in [0.4, 0.5) is 0 Å². The van der Waals surface area contributed by atoms with E-state index in [2.05, 4.69) is 0 Å². The fourth-order valence-corrected chi connectivity index (χ4v) is 4.97. The Morgan fingerprint density at radius 3 is 2.57 bits per heavy atom. The lowest BCUT2D eigenvalue weighted by molar-refractivity contribution is -0.144. The molecule has 3 atom stereocenters. The van der Waals surface area contributed by atoms with Crippen LogP contribution in [0.2, 0.25) is 0 Å². The highest BCUT2D eigenvalue weighted by molar-refractivity contribution is 5.78. The topological polar surface area (TPSA) is 49.8 Å². The van der Waals surface area contributed by atoms with Crippen LogP contribution in [-0.4, -0.2) is 46.8 Å². The molecule has 1 heterocycles. The van der Waals surface area contributed by atoms with Crippen molar-refractivity contribution in [3.8, 4) is 0 Å². The lowest BCUT2D eigenvalue weighted by atomic mass is 9.72. The molecule has 1 saturated heterocycles. The average molecular weight is 323 g/mol. The van der Waals surface area contributed by atoms with Gasteiger partial charge >= 0.3 is 0 Å². The lowest BCUT2D eigenvalue weighted by Gasteiger charge is -2.43. The normalized spacial score (nSPS) is 36.3. The van der Waals surface area contributed by atoms with Gasteiger partial charge in [0.15, 0.2) is 0 Å². The van der Waals surface area contributed by atoms with Crippen molar-refractivity contribution in [1.29, 1.82) is 0 Å². The molecule has 0 spiro atoms. The molecule has 3 aliphatic rings. The second kappa shape index (κ2) is 7.52. The van der Waals surface area contributed by atoms with Crippen molar-refractivity contribution in [2.45, 2.75) is 95.3 Å². The fraction of sp³-hybridized carbons (Fsp3) is 0.947. The van der Waals surface area contributed by atoms with Gasteiger partial charge in [-0.1, -0.05) is 32.1 Å². The Morgan fingerprint density at radius 1 is 1.09 bits per heavy atom. The standard InChI is InChI=1S/C19H33NO3/c1-19(22)12-6-5-10-16(19)17-11-7-13-20(17)18(21)14-23-15-8-3-2-4-9-15/h15-17,22H,2-14H2,1H3/t16-,17+,19-/m0/s1. The van der Waals surface area contributed by atoms with E-state index in [1.165, 1.54) is 25.7 Å². The number of likely N-dealkylation sites (tertiary alicyclic amines) is 1. The fourth-order valence-electron chi connectivity index (χ4n) is 4.97. The monoisotopic (exact) mass is 323 g/mol. The summed E-state index contributed by atoms with van der Waals surface area (Å²) < 4.78 is 5.89. The second-order valence-corrected chi connectivity index (χ2v) is 8.08. The van der Waals surface area contributed by atoms with E-state index in [0.29, 0.717) is 0 Å². The number of nitrogens with zero attached hydrogens (tertiary/aromatic N) is 1. The highest BCUT2D eigenvalue weighted by Gasteiger charge is 2.44. The molecule has 0 unspecified atom stereocenters. The zero-order valence-corrected chi connectivity index (χ0v) is 14.6. The van der Waals surface area contributed by atoms with Crippen LogP contribution in [0.15, 0.2) is 0 Å². The summed E-state index contributed by atoms with van der Waals surface area (Å²) in [6, 6.07) is 0.216. The minimum Gasteiger partial charge on any atom is -0.390 e. The van der Waals surface area contributed by atoms with Crippen molar-refractivity contribution < 1.29 is 14.6 Å². The Balaban J connectivity index is 1.56. The van der Waals surface area contributed by atoms with Gasteiger partial charge in [-0.15, -0.1) is 0 Å². The van der Waals surface area contributed by atoms with Gasteiger partial charge in [-0.2, -0.15) is 0 Å². The predicted octanol–water partition coefficient (Wildman–Crippen LogP) is 3.27. The van der Waals surface area contributed by atoms with Gasteiger partial charge in [-0.25, -0.2) is 0 Å². The van der Waals surface area contributed by atoms with E-state index in [9.17, 15) is 9.90 Å². The van der Waals surface area contributed by atoms with Gasteiger partial charge in [0.25, 0.3) is 0 Å². The highest BCUT2D eigenvalue weighted by Crippen LogP contribution is 2.40. The smallest absolute Gasteiger partial charge is 0.248 e. The van der Waals surface area contributed by atoms with Crippen molar-refractivity contribution in [2.75, 3.05) is 13.2 Å². The van der Waals surface area contributed by atoms with Gasteiger partial charge in [0.05, 0.1) is 11.7 Å². The molecule has 4 nitrogen and oxygen atoms in total. The van der Waals surface area contributed by atoms with E-state index in [1.54, 1.807) is 0 Å². The number of hydrogen-bond acceptors (Lipinski definition) is 3. The third-order valence-electron chi connectivity index (χ3n) is 6.33. The van der Waals surface area contributed by atoms with Crippen molar-refractivity contribution >= 4 is 5.91 Å². The van der Waals surface area contributed by atoms with E-state index >= 15 is 0 Å². The van der Waals surface area contributed by atoms with Gasteiger partial charge in [-0.3, -0.25) is 4.79 Å². The molecule has 1 amide bonds. The second-order valence-electron chi connectivity index (χ2n) is 8.08. The first-order chi connectivity index (χ1) is 11.1. The Bertz CT molecular complexity index is 403. The zero-order chi connectivity index (χ0) is 16.3. The SMILES string of the molecule is C[C@]1(O)CCCC[C@H]1[C@H]1CCCN1C(=O)COC1CCCCC1. The Hall–Kier alpha value is -0.610. The van der Waals surface area contributed by atoms with Crippen molar-refractivity contribution in [1.82, 2.24) is 4.90 Å². The first-order valence-corrected chi connectivity index (χ1v) is 9.71.